The minimum atomic E-state index is -0.385. The van der Waals surface area contributed by atoms with Gasteiger partial charge in [-0.15, -0.1) is 0 Å². The molecule has 0 amide bonds. The quantitative estimate of drug-likeness (QED) is 0.0574. The molecule has 1 aromatic heterocycles. The topological polar surface area (TPSA) is 64.4 Å². The Labute approximate surface area is 310 Å². The molecule has 0 unspecified atom stereocenters. The average molecular weight is 707 g/mol. The summed E-state index contributed by atoms with van der Waals surface area (Å²) in [6, 6.07) is 30.4. The molecule has 6 aromatic carbocycles. The fourth-order valence-electron chi connectivity index (χ4n) is 7.77. The third-order valence-corrected chi connectivity index (χ3v) is 10.8. The van der Waals surface area contributed by atoms with Crippen LogP contribution < -0.4 is 24.0 Å². The number of ether oxygens (including phenoxy) is 3. The highest BCUT2D eigenvalue weighted by atomic mass is 16.5. The monoisotopic (exact) mass is 706 g/mol. The minimum Gasteiger partial charge on any atom is -0.495 e. The molecule has 0 bridgehead atoms. The van der Waals surface area contributed by atoms with Crippen molar-refractivity contribution in [3.8, 4) is 17.2 Å². The summed E-state index contributed by atoms with van der Waals surface area (Å²) in [7, 11) is 1.75. The highest BCUT2D eigenvalue weighted by Gasteiger charge is 2.24. The first kappa shape index (κ1) is 34.4. The predicted molar refractivity (Wildman–Crippen MR) is 217 cm³/mol. The summed E-state index contributed by atoms with van der Waals surface area (Å²) in [6.07, 6.45) is 6.49. The molecule has 7 heteroatoms. The number of piperazine rings is 1. The smallest absolute Gasteiger partial charge is 0.343 e. The normalized spacial score (nSPS) is 13.4. The van der Waals surface area contributed by atoms with Gasteiger partial charge < -0.3 is 28.4 Å². The van der Waals surface area contributed by atoms with E-state index in [9.17, 15) is 4.79 Å². The van der Waals surface area contributed by atoms with Crippen LogP contribution in [-0.4, -0.2) is 45.9 Å². The summed E-state index contributed by atoms with van der Waals surface area (Å²) in [5.41, 5.74) is 5.95. The third-order valence-electron chi connectivity index (χ3n) is 10.8. The Morgan fingerprint density at radius 3 is 2.23 bits per heavy atom. The molecule has 8 rings (SSSR count). The second kappa shape index (κ2) is 14.7. The Bertz CT molecular complexity index is 2420. The number of fused-ring (bicyclic) bond motifs is 8. The highest BCUT2D eigenvalue weighted by Crippen LogP contribution is 2.46. The number of carbonyl (C=O) groups is 1. The summed E-state index contributed by atoms with van der Waals surface area (Å²) >= 11 is 0. The summed E-state index contributed by atoms with van der Waals surface area (Å²) in [5.74, 6) is 1.74. The van der Waals surface area contributed by atoms with Crippen LogP contribution in [0.5, 0.6) is 17.2 Å². The largest absolute Gasteiger partial charge is 0.495 e. The minimum absolute atomic E-state index is 0.385. The van der Waals surface area contributed by atoms with Gasteiger partial charge in [0.15, 0.2) is 0 Å². The fourth-order valence-corrected chi connectivity index (χ4v) is 7.77. The number of rotatable bonds is 11. The van der Waals surface area contributed by atoms with E-state index in [1.807, 2.05) is 42.7 Å². The number of anilines is 2. The zero-order valence-electron chi connectivity index (χ0n) is 31.0. The number of hydrogen-bond acceptors (Lipinski definition) is 7. The van der Waals surface area contributed by atoms with Crippen LogP contribution in [0.4, 0.5) is 11.4 Å². The van der Waals surface area contributed by atoms with E-state index in [2.05, 4.69) is 73.0 Å². The number of carbonyl (C=O) groups excluding carboxylic acids is 1. The number of methoxy groups -OCH3 is 1. The molecule has 0 saturated carbocycles. The lowest BCUT2D eigenvalue weighted by Crippen LogP contribution is -2.46. The van der Waals surface area contributed by atoms with Crippen molar-refractivity contribution in [1.82, 2.24) is 0 Å². The zero-order valence-corrected chi connectivity index (χ0v) is 31.0. The van der Waals surface area contributed by atoms with Crippen molar-refractivity contribution in [3.63, 3.8) is 0 Å². The van der Waals surface area contributed by atoms with Gasteiger partial charge in [0, 0.05) is 42.6 Å². The first-order valence-corrected chi connectivity index (χ1v) is 18.8. The van der Waals surface area contributed by atoms with Crippen molar-refractivity contribution in [2.24, 2.45) is 0 Å². The molecule has 1 aliphatic rings. The van der Waals surface area contributed by atoms with E-state index >= 15 is 0 Å². The van der Waals surface area contributed by atoms with Gasteiger partial charge in [-0.1, -0.05) is 50.5 Å². The van der Waals surface area contributed by atoms with E-state index in [1.165, 1.54) is 57.1 Å². The summed E-state index contributed by atoms with van der Waals surface area (Å²) < 4.78 is 23.9. The number of esters is 1. The standard InChI is InChI=1S/C46H46N2O5/c1-5-6-7-10-25-51-35-17-13-32(14-18-35)46(49)53-36-19-15-34(16-20-36)47-21-23-48(24-22-47)41-27-38-39(28-42(41)50-4)45-43(31(3)30(2)29-52-45)40-26-33-11-8-9-12-37(33)44(38)40/h8-9,11-20,26-29H,5-7,10,21-25H2,1-4H3. The van der Waals surface area contributed by atoms with E-state index in [0.29, 0.717) is 17.9 Å². The molecule has 0 aliphatic carbocycles. The number of nitrogens with zero attached hydrogens (tertiary/aromatic N) is 2. The molecule has 7 nitrogen and oxygen atoms in total. The SMILES string of the molecule is CCCCCCOc1ccc(C(=O)Oc2ccc(N3CCN(c4cc5c(cc4OC)c4occ(C)c(C)c4c4cc6ccccc6c54)CC3)cc2)cc1. The third kappa shape index (κ3) is 6.61. The summed E-state index contributed by atoms with van der Waals surface area (Å²) in [5, 5.41) is 8.37. The van der Waals surface area contributed by atoms with Crippen LogP contribution in [0.3, 0.4) is 0 Å². The number of hydrogen-bond donors (Lipinski definition) is 0. The van der Waals surface area contributed by atoms with E-state index in [1.54, 1.807) is 19.2 Å². The molecule has 270 valence electrons. The first-order valence-electron chi connectivity index (χ1n) is 18.8. The average Bonchev–Trinajstić information content (AvgIpc) is 3.59. The van der Waals surface area contributed by atoms with Crippen molar-refractivity contribution in [3.05, 3.63) is 114 Å². The van der Waals surface area contributed by atoms with Crippen LogP contribution in [-0.2, 0) is 0 Å². The predicted octanol–water partition coefficient (Wildman–Crippen LogP) is 11.0. The Morgan fingerprint density at radius 1 is 0.736 bits per heavy atom. The van der Waals surface area contributed by atoms with E-state index in [-0.39, 0.29) is 5.97 Å². The van der Waals surface area contributed by atoms with Gasteiger partial charge in [-0.05, 0) is 125 Å². The van der Waals surface area contributed by atoms with E-state index < -0.39 is 0 Å². The van der Waals surface area contributed by atoms with Crippen LogP contribution in [0.25, 0.3) is 43.3 Å². The zero-order chi connectivity index (χ0) is 36.5. The lowest BCUT2D eigenvalue weighted by molar-refractivity contribution is 0.0734. The number of benzene rings is 5. The maximum atomic E-state index is 12.9. The molecule has 1 aliphatic heterocycles. The number of unbranched alkanes of at least 4 members (excludes halogenated alkanes) is 3. The Balaban J connectivity index is 0.982. The molecule has 1 saturated heterocycles. The lowest BCUT2D eigenvalue weighted by Gasteiger charge is -2.38. The van der Waals surface area contributed by atoms with Crippen molar-refractivity contribution < 1.29 is 23.4 Å². The van der Waals surface area contributed by atoms with Crippen LogP contribution in [0, 0.1) is 13.8 Å². The first-order chi connectivity index (χ1) is 25.9. The van der Waals surface area contributed by atoms with Crippen LogP contribution >= 0.6 is 0 Å². The van der Waals surface area contributed by atoms with Gasteiger partial charge >= 0.3 is 5.97 Å². The molecule has 0 spiro atoms. The molecule has 0 atom stereocenters. The lowest BCUT2D eigenvalue weighted by atomic mass is 9.95. The van der Waals surface area contributed by atoms with Crippen molar-refractivity contribution in [1.29, 1.82) is 0 Å². The Morgan fingerprint density at radius 2 is 1.47 bits per heavy atom. The van der Waals surface area contributed by atoms with Gasteiger partial charge in [0.2, 0.25) is 0 Å². The van der Waals surface area contributed by atoms with E-state index in [0.717, 1.165) is 72.0 Å². The van der Waals surface area contributed by atoms with Crippen LogP contribution in [0.2, 0.25) is 0 Å². The maximum absolute atomic E-state index is 12.9. The van der Waals surface area contributed by atoms with Crippen LogP contribution in [0.15, 0.2) is 102 Å². The van der Waals surface area contributed by atoms with Crippen molar-refractivity contribution in [2.75, 3.05) is 49.7 Å². The second-order valence-corrected chi connectivity index (χ2v) is 14.1. The summed E-state index contributed by atoms with van der Waals surface area (Å²) in [6.45, 7) is 10.5. The van der Waals surface area contributed by atoms with Crippen molar-refractivity contribution >= 4 is 60.6 Å². The van der Waals surface area contributed by atoms with E-state index in [4.69, 9.17) is 18.6 Å². The summed E-state index contributed by atoms with van der Waals surface area (Å²) in [4.78, 5) is 17.7. The highest BCUT2D eigenvalue weighted by molar-refractivity contribution is 6.33. The van der Waals surface area contributed by atoms with Gasteiger partial charge in [0.25, 0.3) is 0 Å². The van der Waals surface area contributed by atoms with Gasteiger partial charge in [0.05, 0.1) is 31.2 Å². The molecular weight excluding hydrogens is 661 g/mol. The molecule has 0 N–H and O–H groups in total. The molecule has 0 radical (unpaired) electrons. The van der Waals surface area contributed by atoms with Crippen LogP contribution in [0.1, 0.15) is 54.1 Å². The maximum Gasteiger partial charge on any atom is 0.343 e. The van der Waals surface area contributed by atoms with Crippen molar-refractivity contribution in [2.45, 2.75) is 46.5 Å². The van der Waals surface area contributed by atoms with Gasteiger partial charge in [-0.2, -0.15) is 0 Å². The Kier molecular flexibility index (Phi) is 9.57. The molecular formula is C46H46N2O5. The van der Waals surface area contributed by atoms with Gasteiger partial charge in [-0.3, -0.25) is 0 Å². The fraction of sp³-hybridized carbons (Fsp3) is 0.283. The molecule has 2 heterocycles. The second-order valence-electron chi connectivity index (χ2n) is 14.1. The number of aryl methyl sites for hydroxylation is 2. The molecule has 1 fully saturated rings. The molecule has 7 aromatic rings. The Hall–Kier alpha value is -5.69. The van der Waals surface area contributed by atoms with Gasteiger partial charge in [0.1, 0.15) is 22.8 Å². The van der Waals surface area contributed by atoms with Gasteiger partial charge in [-0.25, -0.2) is 4.79 Å². The molecule has 53 heavy (non-hydrogen) atoms.